The molecule has 30 heavy (non-hydrogen) atoms. The number of hydrogen-bond donors (Lipinski definition) is 1. The van der Waals surface area contributed by atoms with Crippen molar-refractivity contribution in [2.75, 3.05) is 0 Å². The lowest BCUT2D eigenvalue weighted by molar-refractivity contribution is 0.300. The van der Waals surface area contributed by atoms with E-state index in [0.29, 0.717) is 11.9 Å². The predicted octanol–water partition coefficient (Wildman–Crippen LogP) is 3.85. The maximum absolute atomic E-state index is 6.14. The lowest BCUT2D eigenvalue weighted by atomic mass is 9.92. The second-order valence-electron chi connectivity index (χ2n) is 8.07. The van der Waals surface area contributed by atoms with Crippen LogP contribution in [0.15, 0.2) is 61.4 Å². The molecule has 1 fully saturated rings. The zero-order valence-electron chi connectivity index (χ0n) is 17.0. The van der Waals surface area contributed by atoms with E-state index < -0.39 is 0 Å². The van der Waals surface area contributed by atoms with E-state index in [9.17, 15) is 0 Å². The molecule has 3 heterocycles. The lowest BCUT2D eigenvalue weighted by Gasteiger charge is -2.26. The Morgan fingerprint density at radius 2 is 1.63 bits per heavy atom. The summed E-state index contributed by atoms with van der Waals surface area (Å²) in [7, 11) is 1.92. The summed E-state index contributed by atoms with van der Waals surface area (Å²) in [5.74, 6) is 0.704. The van der Waals surface area contributed by atoms with Gasteiger partial charge in [0.25, 0.3) is 0 Å². The topological polar surface area (TPSA) is 87.4 Å². The molecule has 0 radical (unpaired) electrons. The van der Waals surface area contributed by atoms with E-state index in [1.54, 1.807) is 4.68 Å². The highest BCUT2D eigenvalue weighted by Crippen LogP contribution is 2.29. The van der Waals surface area contributed by atoms with E-state index in [1.165, 1.54) is 0 Å². The highest BCUT2D eigenvalue weighted by molar-refractivity contribution is 5.70. The first-order valence-corrected chi connectivity index (χ1v) is 10.4. The fourth-order valence-electron chi connectivity index (χ4n) is 4.16. The van der Waals surface area contributed by atoms with Gasteiger partial charge in [0.05, 0.1) is 18.4 Å². The molecule has 0 aliphatic heterocycles. The summed E-state index contributed by atoms with van der Waals surface area (Å²) in [6.07, 6.45) is 16.0. The van der Waals surface area contributed by atoms with Crippen molar-refractivity contribution in [2.24, 2.45) is 12.8 Å². The van der Waals surface area contributed by atoms with Gasteiger partial charge in [-0.15, -0.1) is 0 Å². The molecule has 2 N–H and O–H groups in total. The normalized spacial score (nSPS) is 19.1. The molecule has 0 bridgehead atoms. The first-order valence-electron chi connectivity index (χ1n) is 10.4. The Morgan fingerprint density at radius 1 is 0.867 bits per heavy atom. The fraction of sp³-hybridized carbons (Fsp3) is 0.304. The maximum atomic E-state index is 6.14. The first kappa shape index (κ1) is 18.7. The van der Waals surface area contributed by atoms with Gasteiger partial charge in [0.1, 0.15) is 0 Å². The van der Waals surface area contributed by atoms with E-state index in [4.69, 9.17) is 5.73 Å². The molecule has 0 amide bonds. The van der Waals surface area contributed by atoms with Gasteiger partial charge in [0.2, 0.25) is 0 Å². The van der Waals surface area contributed by atoms with Crippen LogP contribution < -0.4 is 5.73 Å². The van der Waals surface area contributed by atoms with Gasteiger partial charge in [0, 0.05) is 60.1 Å². The molecule has 152 valence electrons. The Kier molecular flexibility index (Phi) is 4.88. The van der Waals surface area contributed by atoms with Crippen LogP contribution in [0.3, 0.4) is 0 Å². The van der Waals surface area contributed by atoms with Gasteiger partial charge in [-0.05, 0) is 37.3 Å². The monoisotopic (exact) mass is 399 g/mol. The maximum Gasteiger partial charge on any atom is 0.159 e. The van der Waals surface area contributed by atoms with Crippen LogP contribution in [0.5, 0.6) is 0 Å². The van der Waals surface area contributed by atoms with Crippen molar-refractivity contribution in [3.8, 4) is 33.6 Å². The molecule has 0 saturated heterocycles. The largest absolute Gasteiger partial charge is 0.328 e. The lowest BCUT2D eigenvalue weighted by Crippen LogP contribution is -2.29. The highest BCUT2D eigenvalue weighted by atomic mass is 15.3. The minimum Gasteiger partial charge on any atom is -0.328 e. The number of hydrogen-bond acceptors (Lipinski definition) is 5. The molecule has 2 atom stereocenters. The van der Waals surface area contributed by atoms with E-state index in [0.717, 1.165) is 53.5 Å². The van der Waals surface area contributed by atoms with E-state index in [2.05, 4.69) is 43.2 Å². The number of aryl methyl sites for hydroxylation is 1. The van der Waals surface area contributed by atoms with Gasteiger partial charge >= 0.3 is 0 Å². The summed E-state index contributed by atoms with van der Waals surface area (Å²) in [5, 5.41) is 8.83. The van der Waals surface area contributed by atoms with Gasteiger partial charge in [-0.25, -0.2) is 9.97 Å². The van der Waals surface area contributed by atoms with Crippen LogP contribution in [-0.4, -0.2) is 35.6 Å². The second-order valence-corrected chi connectivity index (χ2v) is 8.07. The molecule has 1 aliphatic carbocycles. The van der Waals surface area contributed by atoms with Crippen LogP contribution in [0.4, 0.5) is 0 Å². The van der Waals surface area contributed by atoms with Crippen LogP contribution in [0.25, 0.3) is 33.6 Å². The Balaban J connectivity index is 1.36. The van der Waals surface area contributed by atoms with E-state index in [1.807, 2.05) is 50.2 Å². The van der Waals surface area contributed by atoms with Crippen LogP contribution in [0.1, 0.15) is 31.7 Å². The zero-order chi connectivity index (χ0) is 20.5. The molecule has 0 unspecified atom stereocenters. The summed E-state index contributed by atoms with van der Waals surface area (Å²) in [6.45, 7) is 0. The van der Waals surface area contributed by atoms with Crippen molar-refractivity contribution in [3.05, 3.63) is 61.4 Å². The molecule has 1 aliphatic rings. The van der Waals surface area contributed by atoms with Crippen LogP contribution in [0, 0.1) is 0 Å². The van der Waals surface area contributed by atoms with Crippen molar-refractivity contribution < 1.29 is 0 Å². The SMILES string of the molecule is Cn1cc(-c2cccc(-c3ncc(-c4cnn([C@@H]5CCC[C@@H](N)C5)c4)cn3)c2)cn1. The Labute approximate surface area is 175 Å². The summed E-state index contributed by atoms with van der Waals surface area (Å²) < 4.78 is 3.86. The van der Waals surface area contributed by atoms with Crippen molar-refractivity contribution >= 4 is 0 Å². The summed E-state index contributed by atoms with van der Waals surface area (Å²) in [4.78, 5) is 9.22. The third-order valence-corrected chi connectivity index (χ3v) is 5.81. The molecular formula is C23H25N7. The van der Waals surface area contributed by atoms with E-state index in [-0.39, 0.29) is 6.04 Å². The average Bonchev–Trinajstić information content (AvgIpc) is 3.44. The minimum atomic E-state index is 0.279. The van der Waals surface area contributed by atoms with Gasteiger partial charge in [-0.3, -0.25) is 9.36 Å². The molecule has 0 spiro atoms. The Bertz CT molecular complexity index is 1140. The van der Waals surface area contributed by atoms with Gasteiger partial charge in [-0.2, -0.15) is 10.2 Å². The summed E-state index contributed by atoms with van der Waals surface area (Å²) >= 11 is 0. The number of benzene rings is 1. The minimum absolute atomic E-state index is 0.279. The molecular weight excluding hydrogens is 374 g/mol. The number of nitrogens with zero attached hydrogens (tertiary/aromatic N) is 6. The predicted molar refractivity (Wildman–Crippen MR) is 116 cm³/mol. The Morgan fingerprint density at radius 3 is 2.40 bits per heavy atom. The van der Waals surface area contributed by atoms with Gasteiger partial charge in [-0.1, -0.05) is 18.2 Å². The average molecular weight is 400 g/mol. The third-order valence-electron chi connectivity index (χ3n) is 5.81. The molecule has 7 nitrogen and oxygen atoms in total. The smallest absolute Gasteiger partial charge is 0.159 e. The molecule has 7 heteroatoms. The van der Waals surface area contributed by atoms with Gasteiger partial charge < -0.3 is 5.73 Å². The van der Waals surface area contributed by atoms with Crippen molar-refractivity contribution in [2.45, 2.75) is 37.8 Å². The standard InChI is InChI=1S/C23H25N7/c1-29-14-19(12-27-29)16-4-2-5-17(8-16)23-25-10-18(11-26-23)20-13-28-30(15-20)22-7-3-6-21(24)9-22/h2,4-5,8,10-15,21-22H,3,6-7,9,24H2,1H3/t21-,22-/m1/s1. The van der Waals surface area contributed by atoms with E-state index >= 15 is 0 Å². The Hall–Kier alpha value is -3.32. The zero-order valence-corrected chi connectivity index (χ0v) is 17.0. The van der Waals surface area contributed by atoms with Gasteiger partial charge in [0.15, 0.2) is 5.82 Å². The van der Waals surface area contributed by atoms with Crippen LogP contribution >= 0.6 is 0 Å². The molecule has 1 saturated carbocycles. The fourth-order valence-corrected chi connectivity index (χ4v) is 4.16. The summed E-state index contributed by atoms with van der Waals surface area (Å²) in [5.41, 5.74) is 11.3. The number of rotatable bonds is 4. The quantitative estimate of drug-likeness (QED) is 0.563. The van der Waals surface area contributed by atoms with Crippen molar-refractivity contribution in [1.82, 2.24) is 29.5 Å². The van der Waals surface area contributed by atoms with Crippen LogP contribution in [-0.2, 0) is 7.05 Å². The molecule has 5 rings (SSSR count). The highest BCUT2D eigenvalue weighted by Gasteiger charge is 2.21. The number of aromatic nitrogens is 6. The second kappa shape index (κ2) is 7.84. The van der Waals surface area contributed by atoms with Crippen molar-refractivity contribution in [3.63, 3.8) is 0 Å². The summed E-state index contributed by atoms with van der Waals surface area (Å²) in [6, 6.07) is 8.88. The van der Waals surface area contributed by atoms with Crippen molar-refractivity contribution in [1.29, 1.82) is 0 Å². The molecule has 1 aromatic carbocycles. The first-order chi connectivity index (χ1) is 14.7. The third kappa shape index (κ3) is 3.76. The molecule has 3 aromatic heterocycles. The number of nitrogens with two attached hydrogens (primary N) is 1. The molecule has 4 aromatic rings. The van der Waals surface area contributed by atoms with Crippen LogP contribution in [0.2, 0.25) is 0 Å².